The number of fused-ring (bicyclic) bond motifs is 1. The molecule has 27 heavy (non-hydrogen) atoms. The Labute approximate surface area is 154 Å². The van der Waals surface area contributed by atoms with E-state index < -0.39 is 11.7 Å². The summed E-state index contributed by atoms with van der Waals surface area (Å²) in [6, 6.07) is 6.24. The van der Waals surface area contributed by atoms with E-state index in [1.165, 1.54) is 4.79 Å². The van der Waals surface area contributed by atoms with Gasteiger partial charge in [-0.05, 0) is 24.6 Å². The molecule has 9 heteroatoms. The van der Waals surface area contributed by atoms with Crippen LogP contribution in [-0.2, 0) is 6.18 Å². The van der Waals surface area contributed by atoms with E-state index in [-0.39, 0.29) is 6.04 Å². The number of rotatable bonds is 3. The second-order valence-electron chi connectivity index (χ2n) is 6.62. The number of alkyl halides is 3. The van der Waals surface area contributed by atoms with E-state index in [1.54, 1.807) is 12.4 Å². The monoisotopic (exact) mass is 376 g/mol. The quantitative estimate of drug-likeness (QED) is 0.704. The molecule has 1 unspecified atom stereocenters. The van der Waals surface area contributed by atoms with Gasteiger partial charge < -0.3 is 0 Å². The summed E-state index contributed by atoms with van der Waals surface area (Å²) >= 11 is 0. The van der Waals surface area contributed by atoms with E-state index in [0.717, 1.165) is 42.1 Å². The van der Waals surface area contributed by atoms with E-state index in [2.05, 4.69) is 33.0 Å². The van der Waals surface area contributed by atoms with Crippen molar-refractivity contribution >= 4 is 11.0 Å². The molecule has 1 atom stereocenters. The Balaban J connectivity index is 1.43. The van der Waals surface area contributed by atoms with Gasteiger partial charge in [-0.1, -0.05) is 6.07 Å². The van der Waals surface area contributed by atoms with Crippen LogP contribution in [0.2, 0.25) is 0 Å². The highest BCUT2D eigenvalue weighted by Crippen LogP contribution is 2.29. The second-order valence-corrected chi connectivity index (χ2v) is 6.62. The lowest BCUT2D eigenvalue weighted by Gasteiger charge is -2.38. The average molecular weight is 376 g/mol. The van der Waals surface area contributed by atoms with Gasteiger partial charge in [0.15, 0.2) is 0 Å². The van der Waals surface area contributed by atoms with E-state index in [9.17, 15) is 13.2 Å². The van der Waals surface area contributed by atoms with Gasteiger partial charge >= 0.3 is 6.18 Å². The predicted octanol–water partition coefficient (Wildman–Crippen LogP) is 2.86. The fraction of sp³-hybridized carbons (Fsp3) is 0.389. The highest BCUT2D eigenvalue weighted by Gasteiger charge is 2.33. The van der Waals surface area contributed by atoms with Crippen LogP contribution in [0.1, 0.15) is 24.1 Å². The largest absolute Gasteiger partial charge is 0.419 e. The minimum atomic E-state index is -4.37. The summed E-state index contributed by atoms with van der Waals surface area (Å²) < 4.78 is 38.2. The molecule has 1 aromatic carbocycles. The SMILES string of the molecule is CC(c1ccc2nccnc2c1)N1CCN(n2cc(C(F)(F)F)cn2)CC1. The van der Waals surface area contributed by atoms with E-state index in [1.807, 2.05) is 17.1 Å². The van der Waals surface area contributed by atoms with Gasteiger partial charge in [-0.3, -0.25) is 19.9 Å². The maximum atomic E-state index is 12.7. The van der Waals surface area contributed by atoms with Gasteiger partial charge in [0.2, 0.25) is 0 Å². The third kappa shape index (κ3) is 3.59. The van der Waals surface area contributed by atoms with Crippen LogP contribution in [0.15, 0.2) is 43.0 Å². The van der Waals surface area contributed by atoms with E-state index in [0.29, 0.717) is 13.1 Å². The number of piperazine rings is 1. The first-order valence-electron chi connectivity index (χ1n) is 8.73. The summed E-state index contributed by atoms with van der Waals surface area (Å²) in [5, 5.41) is 5.68. The molecule has 0 aliphatic carbocycles. The topological polar surface area (TPSA) is 50.1 Å². The molecule has 0 radical (unpaired) electrons. The molecular weight excluding hydrogens is 357 g/mol. The van der Waals surface area contributed by atoms with Crippen molar-refractivity contribution < 1.29 is 13.2 Å². The zero-order valence-electron chi connectivity index (χ0n) is 14.8. The van der Waals surface area contributed by atoms with Crippen LogP contribution in [0.3, 0.4) is 0 Å². The van der Waals surface area contributed by atoms with Gasteiger partial charge in [0.05, 0.1) is 29.0 Å². The maximum absolute atomic E-state index is 12.7. The molecule has 2 aromatic heterocycles. The molecule has 0 bridgehead atoms. The Morgan fingerprint density at radius 3 is 2.37 bits per heavy atom. The number of aromatic nitrogens is 4. The van der Waals surface area contributed by atoms with Crippen molar-refractivity contribution in [2.75, 3.05) is 31.2 Å². The third-order valence-corrected chi connectivity index (χ3v) is 5.00. The zero-order chi connectivity index (χ0) is 19.0. The number of hydrogen-bond acceptors (Lipinski definition) is 5. The first kappa shape index (κ1) is 17.7. The molecule has 0 spiro atoms. The highest BCUT2D eigenvalue weighted by atomic mass is 19.4. The van der Waals surface area contributed by atoms with Gasteiger partial charge in [0.1, 0.15) is 0 Å². The van der Waals surface area contributed by atoms with Gasteiger partial charge in [-0.15, -0.1) is 0 Å². The zero-order valence-corrected chi connectivity index (χ0v) is 14.8. The summed E-state index contributed by atoms with van der Waals surface area (Å²) in [4.78, 5) is 12.2. The molecule has 1 saturated heterocycles. The Bertz CT molecular complexity index is 930. The van der Waals surface area contributed by atoms with Crippen molar-refractivity contribution in [3.8, 4) is 0 Å². The highest BCUT2D eigenvalue weighted by molar-refractivity contribution is 5.74. The van der Waals surface area contributed by atoms with Gasteiger partial charge in [-0.2, -0.15) is 23.1 Å². The fourth-order valence-electron chi connectivity index (χ4n) is 3.37. The van der Waals surface area contributed by atoms with Crippen LogP contribution in [0, 0.1) is 0 Å². The van der Waals surface area contributed by atoms with Crippen molar-refractivity contribution in [1.82, 2.24) is 24.8 Å². The normalized spacial score (nSPS) is 17.4. The molecule has 0 amide bonds. The minimum absolute atomic E-state index is 0.182. The third-order valence-electron chi connectivity index (χ3n) is 5.00. The molecule has 1 fully saturated rings. The summed E-state index contributed by atoms with van der Waals surface area (Å²) in [5.74, 6) is 0. The smallest absolute Gasteiger partial charge is 0.294 e. The Kier molecular flexibility index (Phi) is 4.47. The summed E-state index contributed by atoms with van der Waals surface area (Å²) in [5.41, 5.74) is 2.14. The number of halogens is 3. The summed E-state index contributed by atoms with van der Waals surface area (Å²) in [6.07, 6.45) is 0.888. The molecule has 0 N–H and O–H groups in total. The number of nitrogens with zero attached hydrogens (tertiary/aromatic N) is 6. The molecular formula is C18H19F3N6. The summed E-state index contributed by atoms with van der Waals surface area (Å²) in [6.45, 7) is 4.82. The molecule has 142 valence electrons. The first-order chi connectivity index (χ1) is 12.9. The van der Waals surface area contributed by atoms with Crippen molar-refractivity contribution in [3.63, 3.8) is 0 Å². The number of benzene rings is 1. The lowest BCUT2D eigenvalue weighted by atomic mass is 10.1. The van der Waals surface area contributed by atoms with Crippen molar-refractivity contribution in [1.29, 1.82) is 0 Å². The standard InChI is InChI=1S/C18H19F3N6/c1-13(14-2-3-16-17(10-14)23-5-4-22-16)25-6-8-26(9-7-25)27-12-15(11-24-27)18(19,20)21/h2-5,10-13H,6-9H2,1H3. The van der Waals surface area contributed by atoms with Gasteiger partial charge in [0.25, 0.3) is 0 Å². The van der Waals surface area contributed by atoms with Crippen molar-refractivity contribution in [2.45, 2.75) is 19.1 Å². The first-order valence-corrected chi connectivity index (χ1v) is 8.73. The molecule has 4 rings (SSSR count). The lowest BCUT2D eigenvalue weighted by molar-refractivity contribution is -0.137. The average Bonchev–Trinajstić information content (AvgIpc) is 3.18. The lowest BCUT2D eigenvalue weighted by Crippen LogP contribution is -2.51. The van der Waals surface area contributed by atoms with Crippen molar-refractivity contribution in [3.05, 3.63) is 54.1 Å². The van der Waals surface area contributed by atoms with Crippen LogP contribution in [0.4, 0.5) is 13.2 Å². The molecule has 3 aromatic rings. The Morgan fingerprint density at radius 1 is 1.00 bits per heavy atom. The Hall–Kier alpha value is -2.68. The second kappa shape index (κ2) is 6.80. The van der Waals surface area contributed by atoms with Crippen LogP contribution in [0.25, 0.3) is 11.0 Å². The van der Waals surface area contributed by atoms with Crippen LogP contribution in [0.5, 0.6) is 0 Å². The molecule has 3 heterocycles. The molecule has 1 aliphatic rings. The molecule has 1 aliphatic heterocycles. The van der Waals surface area contributed by atoms with Gasteiger partial charge in [-0.25, -0.2) is 0 Å². The van der Waals surface area contributed by atoms with E-state index in [4.69, 9.17) is 0 Å². The maximum Gasteiger partial charge on any atom is 0.419 e. The number of hydrogen-bond donors (Lipinski definition) is 0. The molecule has 6 nitrogen and oxygen atoms in total. The van der Waals surface area contributed by atoms with Crippen molar-refractivity contribution in [2.24, 2.45) is 0 Å². The predicted molar refractivity (Wildman–Crippen MR) is 94.7 cm³/mol. The van der Waals surface area contributed by atoms with Gasteiger partial charge in [0, 0.05) is 44.6 Å². The van der Waals surface area contributed by atoms with Crippen LogP contribution < -0.4 is 5.01 Å². The Morgan fingerprint density at radius 2 is 1.70 bits per heavy atom. The fourth-order valence-corrected chi connectivity index (χ4v) is 3.37. The van der Waals surface area contributed by atoms with E-state index >= 15 is 0 Å². The molecule has 0 saturated carbocycles. The van der Waals surface area contributed by atoms with Crippen LogP contribution in [-0.4, -0.2) is 50.9 Å². The van der Waals surface area contributed by atoms with Crippen LogP contribution >= 0.6 is 0 Å². The minimum Gasteiger partial charge on any atom is -0.294 e. The summed E-state index contributed by atoms with van der Waals surface area (Å²) in [7, 11) is 0.